The highest BCUT2D eigenvalue weighted by atomic mass is 19.3. The van der Waals surface area contributed by atoms with Crippen LogP contribution in [0.1, 0.15) is 54.6 Å². The van der Waals surface area contributed by atoms with Crippen molar-refractivity contribution in [2.75, 3.05) is 7.11 Å². The molecule has 2 atom stereocenters. The van der Waals surface area contributed by atoms with Crippen LogP contribution in [0.4, 0.5) is 8.78 Å². The van der Waals surface area contributed by atoms with Crippen LogP contribution in [-0.4, -0.2) is 24.1 Å². The minimum Gasteiger partial charge on any atom is -0.493 e. The predicted molar refractivity (Wildman–Crippen MR) is 93.2 cm³/mol. The molecule has 6 heteroatoms. The number of ether oxygens (including phenoxy) is 2. The van der Waals surface area contributed by atoms with Crippen molar-refractivity contribution in [1.82, 2.24) is 4.57 Å². The Morgan fingerprint density at radius 3 is 2.58 bits per heavy atom. The number of nitrogens with zero attached hydrogens (tertiary/aromatic N) is 1. The topological polar surface area (TPSA) is 40.5 Å². The summed E-state index contributed by atoms with van der Waals surface area (Å²) in [4.78, 5) is 12.7. The highest BCUT2D eigenvalue weighted by Crippen LogP contribution is 2.49. The van der Waals surface area contributed by atoms with Crippen LogP contribution in [0, 0.1) is 5.92 Å². The zero-order valence-electron chi connectivity index (χ0n) is 15.0. The van der Waals surface area contributed by atoms with Crippen LogP contribution < -0.4 is 9.47 Å². The third kappa shape index (κ3) is 2.59. The molecule has 2 unspecified atom stereocenters. The number of Topliss-reactive ketones (excluding diaryl/α,β-unsaturated/α-hetero) is 1. The van der Waals surface area contributed by atoms with Crippen LogP contribution in [0.5, 0.6) is 11.5 Å². The summed E-state index contributed by atoms with van der Waals surface area (Å²) in [5, 5.41) is 0. The van der Waals surface area contributed by atoms with Gasteiger partial charge in [0, 0.05) is 35.2 Å². The summed E-state index contributed by atoms with van der Waals surface area (Å²) in [7, 11) is 1.43. The van der Waals surface area contributed by atoms with Crippen LogP contribution >= 0.6 is 0 Å². The molecule has 1 aromatic carbocycles. The van der Waals surface area contributed by atoms with Gasteiger partial charge in [-0.15, -0.1) is 0 Å². The number of halogens is 2. The van der Waals surface area contributed by atoms with Gasteiger partial charge in [0.1, 0.15) is 0 Å². The molecule has 138 valence electrons. The number of aromatic nitrogens is 1. The molecule has 1 saturated carbocycles. The molecule has 0 bridgehead atoms. The van der Waals surface area contributed by atoms with Gasteiger partial charge in [-0.1, -0.05) is 6.92 Å². The molecular formula is C20H21F2NO3. The summed E-state index contributed by atoms with van der Waals surface area (Å²) < 4.78 is 37.6. The second-order valence-corrected chi connectivity index (χ2v) is 7.12. The standard InChI is InChI=1S/C20H21F2NO3/c1-10-11(2)23-7-6-13(19(24)12-4-5-12)18(23)15-9-17(26-20(21)22)16(25-3)8-14(10)15/h6-12,20H,4-5H2,1-3H3. The number of hydrogen-bond donors (Lipinski definition) is 0. The molecule has 0 spiro atoms. The summed E-state index contributed by atoms with van der Waals surface area (Å²) >= 11 is 0. The fourth-order valence-corrected chi connectivity index (χ4v) is 3.84. The summed E-state index contributed by atoms with van der Waals surface area (Å²) in [6.45, 7) is 1.24. The van der Waals surface area contributed by atoms with E-state index in [-0.39, 0.29) is 35.2 Å². The van der Waals surface area contributed by atoms with Crippen molar-refractivity contribution in [3.8, 4) is 22.8 Å². The molecule has 4 rings (SSSR count). The molecule has 2 aliphatic rings. The highest BCUT2D eigenvalue weighted by molar-refractivity contribution is 6.05. The molecule has 0 N–H and O–H groups in total. The van der Waals surface area contributed by atoms with Gasteiger partial charge >= 0.3 is 6.61 Å². The van der Waals surface area contributed by atoms with Crippen LogP contribution in [-0.2, 0) is 0 Å². The zero-order valence-corrected chi connectivity index (χ0v) is 15.0. The number of hydrogen-bond acceptors (Lipinski definition) is 3. The number of alkyl halides is 2. The normalized spacial score (nSPS) is 21.3. The summed E-state index contributed by atoms with van der Waals surface area (Å²) in [5.74, 6) is 0.635. The first-order valence-corrected chi connectivity index (χ1v) is 8.84. The Bertz CT molecular complexity index is 870. The highest BCUT2D eigenvalue weighted by Gasteiger charge is 2.37. The first-order chi connectivity index (χ1) is 12.4. The Morgan fingerprint density at radius 1 is 1.23 bits per heavy atom. The average molecular weight is 361 g/mol. The maximum absolute atomic E-state index is 12.8. The molecule has 2 aromatic rings. The van der Waals surface area contributed by atoms with Gasteiger partial charge in [0.25, 0.3) is 0 Å². The van der Waals surface area contributed by atoms with Gasteiger partial charge in [-0.25, -0.2) is 0 Å². The minimum absolute atomic E-state index is 0.0134. The lowest BCUT2D eigenvalue weighted by Crippen LogP contribution is -2.20. The zero-order chi connectivity index (χ0) is 18.6. The number of benzene rings is 1. The van der Waals surface area contributed by atoms with Crippen LogP contribution in [0.15, 0.2) is 24.4 Å². The lowest BCUT2D eigenvalue weighted by Gasteiger charge is -2.33. The SMILES string of the molecule is COc1cc2c(cc1OC(F)F)-c1c(C(=O)C3CC3)ccn1C(C)C2C. The third-order valence-corrected chi connectivity index (χ3v) is 5.59. The van der Waals surface area contributed by atoms with Gasteiger partial charge in [0.2, 0.25) is 0 Å². The number of fused-ring (bicyclic) bond motifs is 3. The van der Waals surface area contributed by atoms with E-state index in [0.29, 0.717) is 5.56 Å². The molecule has 0 radical (unpaired) electrons. The predicted octanol–water partition coefficient (Wildman–Crippen LogP) is 5.04. The lowest BCUT2D eigenvalue weighted by molar-refractivity contribution is -0.0512. The van der Waals surface area contributed by atoms with Crippen LogP contribution in [0.25, 0.3) is 11.3 Å². The molecule has 1 aliphatic heterocycles. The van der Waals surface area contributed by atoms with Crippen molar-refractivity contribution in [3.63, 3.8) is 0 Å². The van der Waals surface area contributed by atoms with E-state index in [1.165, 1.54) is 7.11 Å². The summed E-state index contributed by atoms with van der Waals surface area (Å²) in [5.41, 5.74) is 3.21. The lowest BCUT2D eigenvalue weighted by atomic mass is 9.84. The van der Waals surface area contributed by atoms with E-state index in [0.717, 1.165) is 29.7 Å². The minimum atomic E-state index is -2.94. The van der Waals surface area contributed by atoms with Gasteiger partial charge < -0.3 is 14.0 Å². The first kappa shape index (κ1) is 17.1. The van der Waals surface area contributed by atoms with Crippen molar-refractivity contribution in [2.24, 2.45) is 5.92 Å². The van der Waals surface area contributed by atoms with Crippen molar-refractivity contribution in [1.29, 1.82) is 0 Å². The van der Waals surface area contributed by atoms with Gasteiger partial charge in [0.05, 0.1) is 12.8 Å². The van der Waals surface area contributed by atoms with E-state index in [1.54, 1.807) is 12.1 Å². The molecule has 4 nitrogen and oxygen atoms in total. The summed E-state index contributed by atoms with van der Waals surface area (Å²) in [6.07, 6.45) is 3.77. The maximum atomic E-state index is 12.8. The first-order valence-electron chi connectivity index (χ1n) is 8.84. The molecule has 0 amide bonds. The molecule has 1 fully saturated rings. The van der Waals surface area contributed by atoms with Crippen molar-refractivity contribution < 1.29 is 23.0 Å². The van der Waals surface area contributed by atoms with Gasteiger partial charge in [-0.2, -0.15) is 8.78 Å². The van der Waals surface area contributed by atoms with E-state index < -0.39 is 6.61 Å². The van der Waals surface area contributed by atoms with Crippen molar-refractivity contribution >= 4 is 5.78 Å². The van der Waals surface area contributed by atoms with E-state index >= 15 is 0 Å². The van der Waals surface area contributed by atoms with E-state index in [4.69, 9.17) is 4.74 Å². The average Bonchev–Trinajstić information content (AvgIpc) is 3.36. The number of ketones is 1. The number of rotatable bonds is 5. The number of methoxy groups -OCH3 is 1. The van der Waals surface area contributed by atoms with Crippen LogP contribution in [0.2, 0.25) is 0 Å². The Labute approximate surface area is 150 Å². The smallest absolute Gasteiger partial charge is 0.387 e. The molecular weight excluding hydrogens is 340 g/mol. The largest absolute Gasteiger partial charge is 0.493 e. The number of carbonyl (C=O) groups is 1. The molecule has 0 saturated heterocycles. The number of carbonyl (C=O) groups excluding carboxylic acids is 1. The fraction of sp³-hybridized carbons (Fsp3) is 0.450. The monoisotopic (exact) mass is 361 g/mol. The molecule has 1 aromatic heterocycles. The van der Waals surface area contributed by atoms with Crippen molar-refractivity contribution in [2.45, 2.75) is 45.3 Å². The molecule has 2 heterocycles. The maximum Gasteiger partial charge on any atom is 0.387 e. The van der Waals surface area contributed by atoms with Gasteiger partial charge in [-0.3, -0.25) is 4.79 Å². The molecule has 1 aliphatic carbocycles. The van der Waals surface area contributed by atoms with E-state index in [2.05, 4.69) is 23.2 Å². The second-order valence-electron chi connectivity index (χ2n) is 7.12. The van der Waals surface area contributed by atoms with Gasteiger partial charge in [-0.05, 0) is 43.5 Å². The Balaban J connectivity index is 1.92. The summed E-state index contributed by atoms with van der Waals surface area (Å²) in [6, 6.07) is 5.34. The Hall–Kier alpha value is -2.37. The fourth-order valence-electron chi connectivity index (χ4n) is 3.84. The van der Waals surface area contributed by atoms with Crippen LogP contribution in [0.3, 0.4) is 0 Å². The Morgan fingerprint density at radius 2 is 1.96 bits per heavy atom. The quantitative estimate of drug-likeness (QED) is 0.701. The second kappa shape index (κ2) is 6.11. The van der Waals surface area contributed by atoms with Crippen molar-refractivity contribution in [3.05, 3.63) is 35.5 Å². The van der Waals surface area contributed by atoms with E-state index in [1.807, 2.05) is 12.3 Å². The third-order valence-electron chi connectivity index (χ3n) is 5.59. The van der Waals surface area contributed by atoms with Gasteiger partial charge in [0.15, 0.2) is 17.3 Å². The molecule has 26 heavy (non-hydrogen) atoms. The van der Waals surface area contributed by atoms with E-state index in [9.17, 15) is 13.6 Å². The Kier molecular flexibility index (Phi) is 4.01.